The summed E-state index contributed by atoms with van der Waals surface area (Å²) in [5, 5.41) is 30.6. The second kappa shape index (κ2) is 10.4. The summed E-state index contributed by atoms with van der Waals surface area (Å²) in [5.74, 6) is -0.346. The number of carbonyl (C=O) groups excluding carboxylic acids is 1. The van der Waals surface area contributed by atoms with Crippen molar-refractivity contribution in [2.24, 2.45) is 17.1 Å². The van der Waals surface area contributed by atoms with Gasteiger partial charge in [0.2, 0.25) is 0 Å². The smallest absolute Gasteiger partial charge is 0.410 e. The second-order valence-corrected chi connectivity index (χ2v) is 10.4. The molecule has 1 aliphatic carbocycles. The third-order valence-corrected chi connectivity index (χ3v) is 6.31. The molecule has 37 heavy (non-hydrogen) atoms. The van der Waals surface area contributed by atoms with Gasteiger partial charge >= 0.3 is 6.09 Å². The number of ether oxygens (including phenoxy) is 3. The van der Waals surface area contributed by atoms with E-state index in [-0.39, 0.29) is 30.5 Å². The van der Waals surface area contributed by atoms with Crippen molar-refractivity contribution in [3.63, 3.8) is 0 Å². The Bertz CT molecular complexity index is 1240. The number of hydrogen-bond donors (Lipinski definition) is 1. The van der Waals surface area contributed by atoms with Crippen LogP contribution in [-0.2, 0) is 4.74 Å². The number of benzene rings is 1. The maximum absolute atomic E-state index is 12.9. The Labute approximate surface area is 218 Å². The van der Waals surface area contributed by atoms with E-state index in [2.05, 4.69) is 18.2 Å². The lowest BCUT2D eigenvalue weighted by Crippen LogP contribution is -2.50. The first-order chi connectivity index (χ1) is 17.4. The van der Waals surface area contributed by atoms with Gasteiger partial charge in [0.25, 0.3) is 0 Å². The molecule has 1 aromatic rings. The average Bonchev–Trinajstić information content (AvgIpc) is 2.83. The van der Waals surface area contributed by atoms with E-state index in [9.17, 15) is 20.6 Å². The molecule has 9 heteroatoms. The lowest BCUT2D eigenvalue weighted by Gasteiger charge is -2.45. The van der Waals surface area contributed by atoms with Crippen molar-refractivity contribution in [1.82, 2.24) is 4.90 Å². The fourth-order valence-corrected chi connectivity index (χ4v) is 4.87. The van der Waals surface area contributed by atoms with Crippen LogP contribution in [0.5, 0.6) is 11.5 Å². The van der Waals surface area contributed by atoms with E-state index in [0.29, 0.717) is 29.2 Å². The molecular weight excluding hydrogens is 470 g/mol. The fourth-order valence-electron chi connectivity index (χ4n) is 4.87. The number of carbonyl (C=O) groups is 1. The topological polar surface area (TPSA) is 145 Å². The zero-order valence-corrected chi connectivity index (χ0v) is 22.2. The molecule has 2 N–H and O–H groups in total. The molecule has 0 aromatic heterocycles. The van der Waals surface area contributed by atoms with Crippen LogP contribution in [0, 0.1) is 45.3 Å². The minimum absolute atomic E-state index is 0.0846. The molecule has 0 radical (unpaired) electrons. The molecular formula is C28H33N5O4. The minimum atomic E-state index is -1.84. The molecule has 0 spiro atoms. The van der Waals surface area contributed by atoms with Crippen molar-refractivity contribution >= 4 is 6.09 Å². The molecule has 1 amide bonds. The van der Waals surface area contributed by atoms with Gasteiger partial charge in [-0.3, -0.25) is 0 Å². The second-order valence-electron chi connectivity index (χ2n) is 10.4. The molecule has 0 saturated heterocycles. The Balaban J connectivity index is 2.22. The average molecular weight is 504 g/mol. The molecule has 3 rings (SSSR count). The van der Waals surface area contributed by atoms with Crippen LogP contribution < -0.4 is 15.2 Å². The highest BCUT2D eigenvalue weighted by Crippen LogP contribution is 2.55. The van der Waals surface area contributed by atoms with Gasteiger partial charge in [-0.15, -0.1) is 0 Å². The summed E-state index contributed by atoms with van der Waals surface area (Å²) < 4.78 is 17.3. The van der Waals surface area contributed by atoms with Crippen LogP contribution in [0.25, 0.3) is 0 Å². The molecule has 194 valence electrons. The van der Waals surface area contributed by atoms with E-state index < -0.39 is 28.9 Å². The van der Waals surface area contributed by atoms with Crippen LogP contribution in [0.15, 0.2) is 41.1 Å². The molecule has 2 aliphatic rings. The predicted molar refractivity (Wildman–Crippen MR) is 136 cm³/mol. The first-order valence-electron chi connectivity index (χ1n) is 12.3. The molecule has 0 bridgehead atoms. The number of nitrogens with zero attached hydrogens (tertiary/aromatic N) is 4. The highest BCUT2D eigenvalue weighted by molar-refractivity contribution is 5.70. The van der Waals surface area contributed by atoms with E-state index in [1.165, 1.54) is 4.90 Å². The first kappa shape index (κ1) is 27.4. The van der Waals surface area contributed by atoms with Crippen molar-refractivity contribution in [1.29, 1.82) is 15.8 Å². The monoisotopic (exact) mass is 503 g/mol. The van der Waals surface area contributed by atoms with Crippen molar-refractivity contribution < 1.29 is 19.0 Å². The van der Waals surface area contributed by atoms with Crippen molar-refractivity contribution in [2.75, 3.05) is 19.7 Å². The summed E-state index contributed by atoms with van der Waals surface area (Å²) in [5.41, 5.74) is 5.13. The normalized spacial score (nSPS) is 20.6. The molecule has 0 fully saturated rings. The molecule has 1 aliphatic heterocycles. The number of nitrogens with two attached hydrogens (primary N) is 1. The van der Waals surface area contributed by atoms with Gasteiger partial charge in [0.05, 0.1) is 36.1 Å². The fraction of sp³-hybridized carbons (Fsp3) is 0.500. The van der Waals surface area contributed by atoms with Gasteiger partial charge in [-0.05, 0) is 64.8 Å². The SMILES string of the molecule is CCOc1cc([C@H]2[C@H]3CN(C(=O)OC(C)(C)C)CC=C3C(C#N)=C(N)C2(C#N)C#N)ccc1OC(C)C. The minimum Gasteiger partial charge on any atom is -0.490 e. The Morgan fingerprint density at radius 3 is 2.43 bits per heavy atom. The number of hydrogen-bond acceptors (Lipinski definition) is 8. The van der Waals surface area contributed by atoms with Crippen molar-refractivity contribution in [3.05, 3.63) is 46.7 Å². The van der Waals surface area contributed by atoms with Crippen LogP contribution >= 0.6 is 0 Å². The highest BCUT2D eigenvalue weighted by Gasteiger charge is 2.55. The number of rotatable bonds is 5. The molecule has 1 heterocycles. The van der Waals surface area contributed by atoms with E-state index in [1.807, 2.05) is 20.8 Å². The Hall–Kier alpha value is -4.16. The van der Waals surface area contributed by atoms with Gasteiger partial charge in [-0.25, -0.2) is 4.79 Å². The molecule has 0 saturated carbocycles. The summed E-state index contributed by atoms with van der Waals surface area (Å²) in [6, 6.07) is 11.6. The Morgan fingerprint density at radius 2 is 1.89 bits per heavy atom. The van der Waals surface area contributed by atoms with E-state index >= 15 is 0 Å². The number of fused-ring (bicyclic) bond motifs is 1. The highest BCUT2D eigenvalue weighted by atomic mass is 16.6. The molecule has 1 aromatic carbocycles. The molecule has 0 unspecified atom stereocenters. The van der Waals surface area contributed by atoms with Gasteiger partial charge in [0.1, 0.15) is 11.7 Å². The lowest BCUT2D eigenvalue weighted by atomic mass is 9.58. The van der Waals surface area contributed by atoms with Crippen molar-refractivity contribution in [2.45, 2.75) is 59.2 Å². The number of nitriles is 3. The van der Waals surface area contributed by atoms with E-state index in [1.54, 1.807) is 45.0 Å². The van der Waals surface area contributed by atoms with Crippen LogP contribution in [-0.4, -0.2) is 42.4 Å². The van der Waals surface area contributed by atoms with E-state index in [0.717, 1.165) is 0 Å². The van der Waals surface area contributed by atoms with Crippen LogP contribution in [0.2, 0.25) is 0 Å². The van der Waals surface area contributed by atoms with Gasteiger partial charge in [-0.2, -0.15) is 15.8 Å². The summed E-state index contributed by atoms with van der Waals surface area (Å²) >= 11 is 0. The lowest BCUT2D eigenvalue weighted by molar-refractivity contribution is 0.0224. The quantitative estimate of drug-likeness (QED) is 0.616. The van der Waals surface area contributed by atoms with Crippen LogP contribution in [0.4, 0.5) is 4.79 Å². The number of allylic oxidation sites excluding steroid dienone is 2. The third kappa shape index (κ3) is 5.20. The zero-order chi connectivity index (χ0) is 27.5. The summed E-state index contributed by atoms with van der Waals surface area (Å²) in [6.07, 6.45) is 1.15. The van der Waals surface area contributed by atoms with E-state index in [4.69, 9.17) is 19.9 Å². The van der Waals surface area contributed by atoms with Gasteiger partial charge in [0.15, 0.2) is 16.9 Å². The zero-order valence-electron chi connectivity index (χ0n) is 22.2. The maximum atomic E-state index is 12.9. The summed E-state index contributed by atoms with van der Waals surface area (Å²) in [6.45, 7) is 11.7. The van der Waals surface area contributed by atoms with Crippen molar-refractivity contribution in [3.8, 4) is 29.7 Å². The first-order valence-corrected chi connectivity index (χ1v) is 12.3. The summed E-state index contributed by atoms with van der Waals surface area (Å²) in [7, 11) is 0. The van der Waals surface area contributed by atoms with Gasteiger partial charge < -0.3 is 24.8 Å². The third-order valence-electron chi connectivity index (χ3n) is 6.31. The standard InChI is InChI=1S/C28H33N5O4/c1-7-35-23-12-18(8-9-22(23)36-17(2)3)24-21-14-33(26(34)37-27(4,5)6)11-10-19(21)20(13-29)25(32)28(24,15-30)16-31/h8-10,12,17,21,24H,7,11,14,32H2,1-6H3/t21-,24-/m0/s1. The predicted octanol–water partition coefficient (Wildman–Crippen LogP) is 4.53. The summed E-state index contributed by atoms with van der Waals surface area (Å²) in [4.78, 5) is 14.5. The Morgan fingerprint density at radius 1 is 1.22 bits per heavy atom. The number of amides is 1. The van der Waals surface area contributed by atoms with Gasteiger partial charge in [-0.1, -0.05) is 12.1 Å². The maximum Gasteiger partial charge on any atom is 0.410 e. The Kier molecular flexibility index (Phi) is 7.74. The largest absolute Gasteiger partial charge is 0.490 e. The molecule has 9 nitrogen and oxygen atoms in total. The molecule has 2 atom stereocenters. The van der Waals surface area contributed by atoms with Gasteiger partial charge in [0, 0.05) is 24.9 Å². The van der Waals surface area contributed by atoms with Crippen LogP contribution in [0.1, 0.15) is 53.0 Å². The van der Waals surface area contributed by atoms with Crippen LogP contribution in [0.3, 0.4) is 0 Å².